The van der Waals surface area contributed by atoms with Gasteiger partial charge in [0, 0.05) is 9.13 Å². The predicted octanol–water partition coefficient (Wildman–Crippen LogP) is 3.39. The second kappa shape index (κ2) is 4.25. The average Bonchev–Trinajstić information content (AvgIpc) is 2.66. The van der Waals surface area contributed by atoms with Crippen molar-refractivity contribution >= 4 is 28.6 Å². The van der Waals surface area contributed by atoms with E-state index >= 15 is 0 Å². The quantitative estimate of drug-likeness (QED) is 0.858. The Bertz CT molecular complexity index is 548. The third-order valence-corrected chi connectivity index (χ3v) is 2.91. The number of hydrogen-bond donors (Lipinski definition) is 1. The molecular formula is C11H6FIO3. The Labute approximate surface area is 104 Å². The summed E-state index contributed by atoms with van der Waals surface area (Å²) in [7, 11) is 0. The molecule has 1 N–H and O–H groups in total. The van der Waals surface area contributed by atoms with E-state index < -0.39 is 5.97 Å². The van der Waals surface area contributed by atoms with Gasteiger partial charge in [-0.1, -0.05) is 0 Å². The summed E-state index contributed by atoms with van der Waals surface area (Å²) in [5.74, 6) is -1.17. The smallest absolute Gasteiger partial charge is 0.371 e. The van der Waals surface area contributed by atoms with Gasteiger partial charge in [0.05, 0.1) is 0 Å². The maximum atomic E-state index is 12.9. The van der Waals surface area contributed by atoms with Crippen LogP contribution in [0.15, 0.2) is 34.7 Å². The molecule has 0 aliphatic carbocycles. The number of carboxylic acid groups (broad SMARTS) is 1. The Balaban J connectivity index is 2.46. The van der Waals surface area contributed by atoms with Crippen LogP contribution < -0.4 is 0 Å². The summed E-state index contributed by atoms with van der Waals surface area (Å²) in [4.78, 5) is 10.6. The molecule has 82 valence electrons. The van der Waals surface area contributed by atoms with Crippen molar-refractivity contribution in [1.29, 1.82) is 0 Å². The molecular weight excluding hydrogens is 326 g/mol. The first-order valence-corrected chi connectivity index (χ1v) is 5.44. The molecule has 16 heavy (non-hydrogen) atoms. The fourth-order valence-electron chi connectivity index (χ4n) is 1.29. The minimum atomic E-state index is -1.12. The number of carbonyl (C=O) groups is 1. The van der Waals surface area contributed by atoms with E-state index in [1.54, 1.807) is 12.1 Å². The summed E-state index contributed by atoms with van der Waals surface area (Å²) in [6, 6.07) is 7.15. The van der Waals surface area contributed by atoms with Crippen molar-refractivity contribution < 1.29 is 18.7 Å². The molecule has 0 saturated carbocycles. The normalized spacial score (nSPS) is 10.4. The number of rotatable bonds is 2. The number of halogens is 2. The topological polar surface area (TPSA) is 50.4 Å². The first-order valence-electron chi connectivity index (χ1n) is 4.36. The van der Waals surface area contributed by atoms with E-state index in [1.807, 2.05) is 22.6 Å². The Morgan fingerprint density at radius 2 is 2.06 bits per heavy atom. The maximum absolute atomic E-state index is 12.9. The third-order valence-electron chi connectivity index (χ3n) is 2.01. The van der Waals surface area contributed by atoms with Crippen molar-refractivity contribution in [3.63, 3.8) is 0 Å². The van der Waals surface area contributed by atoms with Crippen LogP contribution in [0.5, 0.6) is 0 Å². The number of furan rings is 1. The molecule has 0 saturated heterocycles. The molecule has 0 aliphatic rings. The molecule has 0 fully saturated rings. The minimum Gasteiger partial charge on any atom is -0.475 e. The first kappa shape index (κ1) is 11.1. The predicted molar refractivity (Wildman–Crippen MR) is 63.8 cm³/mol. The van der Waals surface area contributed by atoms with Gasteiger partial charge in [0.1, 0.15) is 11.6 Å². The van der Waals surface area contributed by atoms with E-state index in [4.69, 9.17) is 9.52 Å². The second-order valence-corrected chi connectivity index (χ2v) is 4.26. The zero-order valence-corrected chi connectivity index (χ0v) is 10.1. The zero-order chi connectivity index (χ0) is 11.7. The summed E-state index contributed by atoms with van der Waals surface area (Å²) >= 11 is 1.97. The number of carboxylic acids is 1. The Kier molecular flexibility index (Phi) is 2.95. The van der Waals surface area contributed by atoms with E-state index in [1.165, 1.54) is 18.2 Å². The lowest BCUT2D eigenvalue weighted by atomic mass is 10.2. The maximum Gasteiger partial charge on any atom is 0.371 e. The van der Waals surface area contributed by atoms with Gasteiger partial charge in [-0.3, -0.25) is 0 Å². The van der Waals surface area contributed by atoms with E-state index in [0.29, 0.717) is 14.9 Å². The monoisotopic (exact) mass is 332 g/mol. The molecule has 0 unspecified atom stereocenters. The van der Waals surface area contributed by atoms with E-state index in [0.717, 1.165) is 0 Å². The van der Waals surface area contributed by atoms with Gasteiger partial charge in [0.25, 0.3) is 0 Å². The van der Waals surface area contributed by atoms with Crippen molar-refractivity contribution in [2.45, 2.75) is 0 Å². The molecule has 1 aromatic carbocycles. The highest BCUT2D eigenvalue weighted by Crippen LogP contribution is 2.27. The summed E-state index contributed by atoms with van der Waals surface area (Å²) in [5, 5.41) is 8.70. The molecule has 2 rings (SSSR count). The minimum absolute atomic E-state index is 0.130. The molecule has 1 aromatic heterocycles. The van der Waals surface area contributed by atoms with E-state index in [-0.39, 0.29) is 11.6 Å². The lowest BCUT2D eigenvalue weighted by molar-refractivity contribution is 0.0663. The lowest BCUT2D eigenvalue weighted by Crippen LogP contribution is -1.91. The van der Waals surface area contributed by atoms with E-state index in [9.17, 15) is 9.18 Å². The molecule has 3 nitrogen and oxygen atoms in total. The van der Waals surface area contributed by atoms with Crippen LogP contribution in [0.2, 0.25) is 0 Å². The molecule has 0 spiro atoms. The van der Waals surface area contributed by atoms with Gasteiger partial charge in [-0.25, -0.2) is 9.18 Å². The summed E-state index contributed by atoms with van der Waals surface area (Å²) in [6.07, 6.45) is 0. The van der Waals surface area contributed by atoms with Crippen LogP contribution in [0.3, 0.4) is 0 Å². The lowest BCUT2D eigenvalue weighted by Gasteiger charge is -2.00. The average molecular weight is 332 g/mol. The van der Waals surface area contributed by atoms with Gasteiger partial charge in [-0.05, 0) is 52.9 Å². The van der Waals surface area contributed by atoms with Crippen molar-refractivity contribution in [3.8, 4) is 11.3 Å². The van der Waals surface area contributed by atoms with Gasteiger partial charge in [-0.15, -0.1) is 0 Å². The number of hydrogen-bond acceptors (Lipinski definition) is 2. The zero-order valence-electron chi connectivity index (χ0n) is 7.91. The van der Waals surface area contributed by atoms with Crippen molar-refractivity contribution in [3.05, 3.63) is 45.5 Å². The van der Waals surface area contributed by atoms with Crippen molar-refractivity contribution in [2.75, 3.05) is 0 Å². The van der Waals surface area contributed by atoms with Crippen molar-refractivity contribution in [2.24, 2.45) is 0 Å². The number of aromatic carboxylic acids is 1. The van der Waals surface area contributed by atoms with Gasteiger partial charge in [0.2, 0.25) is 5.76 Å². The van der Waals surface area contributed by atoms with Crippen LogP contribution in [-0.2, 0) is 0 Å². The summed E-state index contributed by atoms with van der Waals surface area (Å²) in [6.45, 7) is 0. The highest BCUT2D eigenvalue weighted by molar-refractivity contribution is 14.1. The molecule has 0 atom stereocenters. The Morgan fingerprint density at radius 1 is 1.31 bits per heavy atom. The number of benzene rings is 1. The van der Waals surface area contributed by atoms with Crippen LogP contribution in [0.4, 0.5) is 4.39 Å². The highest BCUT2D eigenvalue weighted by atomic mass is 127. The molecule has 0 bridgehead atoms. The van der Waals surface area contributed by atoms with Gasteiger partial charge in [0.15, 0.2) is 0 Å². The van der Waals surface area contributed by atoms with Gasteiger partial charge < -0.3 is 9.52 Å². The fraction of sp³-hybridized carbons (Fsp3) is 0. The van der Waals surface area contributed by atoms with Crippen molar-refractivity contribution in [1.82, 2.24) is 0 Å². The van der Waals surface area contributed by atoms with Gasteiger partial charge >= 0.3 is 5.97 Å². The van der Waals surface area contributed by atoms with Crippen LogP contribution in [0, 0.1) is 9.39 Å². The molecule has 1 heterocycles. The molecule has 0 radical (unpaired) electrons. The molecule has 0 aliphatic heterocycles. The fourth-order valence-corrected chi connectivity index (χ4v) is 2.03. The van der Waals surface area contributed by atoms with Crippen LogP contribution in [0.1, 0.15) is 10.6 Å². The first-order chi connectivity index (χ1) is 7.58. The Morgan fingerprint density at radius 3 is 2.62 bits per heavy atom. The summed E-state index contributed by atoms with van der Waals surface area (Å²) < 4.78 is 18.7. The van der Waals surface area contributed by atoms with Crippen LogP contribution in [0.25, 0.3) is 11.3 Å². The van der Waals surface area contributed by atoms with Gasteiger partial charge in [-0.2, -0.15) is 0 Å². The highest BCUT2D eigenvalue weighted by Gasteiger charge is 2.12. The third kappa shape index (κ3) is 2.08. The standard InChI is InChI=1S/C11H6FIO3/c12-6-1-2-7(8(13)5-6)9-3-4-10(16-9)11(14)15/h1-5H,(H,14,15). The van der Waals surface area contributed by atoms with E-state index in [2.05, 4.69) is 0 Å². The Hall–Kier alpha value is -1.37. The largest absolute Gasteiger partial charge is 0.475 e. The van der Waals surface area contributed by atoms with Crippen LogP contribution >= 0.6 is 22.6 Å². The second-order valence-electron chi connectivity index (χ2n) is 3.09. The molecule has 0 amide bonds. The van der Waals surface area contributed by atoms with Crippen LogP contribution in [-0.4, -0.2) is 11.1 Å². The molecule has 5 heteroatoms. The molecule has 2 aromatic rings. The SMILES string of the molecule is O=C(O)c1ccc(-c2ccc(F)cc2I)o1. The summed E-state index contributed by atoms with van der Waals surface area (Å²) in [5.41, 5.74) is 0.675.